The summed E-state index contributed by atoms with van der Waals surface area (Å²) in [5, 5.41) is 6.02. The van der Waals surface area contributed by atoms with Crippen LogP contribution in [-0.2, 0) is 10.0 Å². The summed E-state index contributed by atoms with van der Waals surface area (Å²) in [6.45, 7) is 5.49. The molecule has 1 aliphatic rings. The maximum absolute atomic E-state index is 11.7. The second-order valence-electron chi connectivity index (χ2n) is 9.84. The van der Waals surface area contributed by atoms with Crippen molar-refractivity contribution in [3.63, 3.8) is 0 Å². The van der Waals surface area contributed by atoms with Crippen molar-refractivity contribution in [1.29, 1.82) is 0 Å². The molecule has 2 heterocycles. The minimum Gasteiger partial charge on any atom is -0.311 e. The number of piperazine rings is 1. The quantitative estimate of drug-likeness (QED) is 0.292. The second kappa shape index (κ2) is 12.9. The van der Waals surface area contributed by atoms with Gasteiger partial charge in [0.05, 0.1) is 10.9 Å². The molecule has 0 unspecified atom stereocenters. The number of sulfonamides is 1. The monoisotopic (exact) mass is 576 g/mol. The summed E-state index contributed by atoms with van der Waals surface area (Å²) < 4.78 is 23.4. The van der Waals surface area contributed by atoms with Gasteiger partial charge in [0, 0.05) is 55.8 Å². The SMILES string of the molecule is NS(=O)(=O)c1ccc(N(CCCN2CCN([C@H](c3ccccc3)c3ccc(Cl)cc3)CC2)c2ncccn2)cc1. The van der Waals surface area contributed by atoms with Gasteiger partial charge in [-0.15, -0.1) is 0 Å². The van der Waals surface area contributed by atoms with Crippen LogP contribution in [0.5, 0.6) is 0 Å². The fraction of sp³-hybridized carbons (Fsp3) is 0.267. The Morgan fingerprint density at radius 2 is 1.45 bits per heavy atom. The third-order valence-electron chi connectivity index (χ3n) is 7.20. The average molecular weight is 577 g/mol. The number of aromatic nitrogens is 2. The maximum Gasteiger partial charge on any atom is 0.238 e. The van der Waals surface area contributed by atoms with Gasteiger partial charge in [-0.3, -0.25) is 4.90 Å². The van der Waals surface area contributed by atoms with E-state index in [0.717, 1.165) is 49.9 Å². The van der Waals surface area contributed by atoms with Gasteiger partial charge in [-0.1, -0.05) is 54.1 Å². The molecule has 8 nitrogen and oxygen atoms in total. The van der Waals surface area contributed by atoms with Crippen LogP contribution in [0.2, 0.25) is 5.02 Å². The van der Waals surface area contributed by atoms with Crippen molar-refractivity contribution in [2.45, 2.75) is 17.4 Å². The highest BCUT2D eigenvalue weighted by Crippen LogP contribution is 2.30. The number of nitrogens with two attached hydrogens (primary N) is 1. The number of benzene rings is 3. The molecule has 1 atom stereocenters. The molecule has 0 spiro atoms. The topological polar surface area (TPSA) is 95.7 Å². The summed E-state index contributed by atoms with van der Waals surface area (Å²) in [5.41, 5.74) is 3.35. The lowest BCUT2D eigenvalue weighted by molar-refractivity contribution is 0.109. The Bertz CT molecular complexity index is 1460. The normalized spacial score (nSPS) is 15.6. The lowest BCUT2D eigenvalue weighted by atomic mass is 9.96. The van der Waals surface area contributed by atoms with Crippen LogP contribution in [0.25, 0.3) is 0 Å². The number of primary sulfonamides is 1. The second-order valence-corrected chi connectivity index (χ2v) is 11.8. The molecule has 1 aromatic heterocycles. The third kappa shape index (κ3) is 7.04. The fourth-order valence-corrected chi connectivity index (χ4v) is 5.82. The molecule has 1 aliphatic heterocycles. The summed E-state index contributed by atoms with van der Waals surface area (Å²) in [6.07, 6.45) is 4.31. The molecule has 0 saturated carbocycles. The Hall–Kier alpha value is -3.34. The summed E-state index contributed by atoms with van der Waals surface area (Å²) >= 11 is 6.18. The maximum atomic E-state index is 11.7. The number of halogens is 1. The first-order chi connectivity index (χ1) is 19.4. The zero-order valence-electron chi connectivity index (χ0n) is 22.2. The average Bonchev–Trinajstić information content (AvgIpc) is 2.98. The molecule has 0 bridgehead atoms. The van der Waals surface area contributed by atoms with Crippen LogP contribution in [0.1, 0.15) is 23.6 Å². The highest BCUT2D eigenvalue weighted by atomic mass is 35.5. The molecule has 40 heavy (non-hydrogen) atoms. The van der Waals surface area contributed by atoms with Crippen molar-refractivity contribution >= 4 is 33.3 Å². The Morgan fingerprint density at radius 3 is 2.08 bits per heavy atom. The molecule has 0 aliphatic carbocycles. The van der Waals surface area contributed by atoms with Crippen molar-refractivity contribution in [2.24, 2.45) is 5.14 Å². The number of rotatable bonds is 10. The molecule has 208 valence electrons. The van der Waals surface area contributed by atoms with Gasteiger partial charge in [0.2, 0.25) is 16.0 Å². The van der Waals surface area contributed by atoms with Crippen molar-refractivity contribution in [3.8, 4) is 0 Å². The van der Waals surface area contributed by atoms with Crippen LogP contribution in [0, 0.1) is 0 Å². The highest BCUT2D eigenvalue weighted by Gasteiger charge is 2.26. The van der Waals surface area contributed by atoms with E-state index in [-0.39, 0.29) is 10.9 Å². The minimum absolute atomic E-state index is 0.0791. The first kappa shape index (κ1) is 28.2. The zero-order valence-corrected chi connectivity index (χ0v) is 23.8. The van der Waals surface area contributed by atoms with Gasteiger partial charge in [-0.05, 0) is 66.6 Å². The Morgan fingerprint density at radius 1 is 0.825 bits per heavy atom. The fourth-order valence-electron chi connectivity index (χ4n) is 5.18. The van der Waals surface area contributed by atoms with E-state index >= 15 is 0 Å². The van der Waals surface area contributed by atoms with Crippen LogP contribution in [0.15, 0.2) is 102 Å². The molecule has 1 saturated heterocycles. The lowest BCUT2D eigenvalue weighted by Crippen LogP contribution is -2.48. The molecule has 5 rings (SSSR count). The predicted molar refractivity (Wildman–Crippen MR) is 159 cm³/mol. The van der Waals surface area contributed by atoms with E-state index in [9.17, 15) is 8.42 Å². The third-order valence-corrected chi connectivity index (χ3v) is 8.38. The summed E-state index contributed by atoms with van der Waals surface area (Å²) in [6, 6.07) is 27.3. The Labute approximate surface area is 241 Å². The largest absolute Gasteiger partial charge is 0.311 e. The molecular weight excluding hydrogens is 544 g/mol. The van der Waals surface area contributed by atoms with E-state index < -0.39 is 10.0 Å². The van der Waals surface area contributed by atoms with Crippen LogP contribution in [-0.4, -0.2) is 67.5 Å². The number of hydrogen-bond donors (Lipinski definition) is 1. The molecule has 10 heteroatoms. The van der Waals surface area contributed by atoms with E-state index in [4.69, 9.17) is 16.7 Å². The summed E-state index contributed by atoms with van der Waals surface area (Å²) in [5.74, 6) is 0.573. The van der Waals surface area contributed by atoms with E-state index in [1.165, 1.54) is 23.3 Å². The van der Waals surface area contributed by atoms with Crippen LogP contribution in [0.4, 0.5) is 11.6 Å². The number of nitrogens with zero attached hydrogens (tertiary/aromatic N) is 5. The van der Waals surface area contributed by atoms with E-state index in [2.05, 4.69) is 62.2 Å². The van der Waals surface area contributed by atoms with Crippen molar-refractivity contribution in [1.82, 2.24) is 19.8 Å². The van der Waals surface area contributed by atoms with E-state index in [1.807, 2.05) is 17.0 Å². The number of hydrogen-bond acceptors (Lipinski definition) is 7. The lowest BCUT2D eigenvalue weighted by Gasteiger charge is -2.40. The highest BCUT2D eigenvalue weighted by molar-refractivity contribution is 7.89. The number of anilines is 2. The van der Waals surface area contributed by atoms with Gasteiger partial charge in [0.25, 0.3) is 0 Å². The first-order valence-electron chi connectivity index (χ1n) is 13.3. The van der Waals surface area contributed by atoms with E-state index in [1.54, 1.807) is 30.6 Å². The molecule has 0 amide bonds. The zero-order chi connectivity index (χ0) is 28.0. The Balaban J connectivity index is 1.22. The molecule has 1 fully saturated rings. The van der Waals surface area contributed by atoms with Gasteiger partial charge in [0.1, 0.15) is 0 Å². The summed E-state index contributed by atoms with van der Waals surface area (Å²) in [4.78, 5) is 16.0. The molecule has 2 N–H and O–H groups in total. The van der Waals surface area contributed by atoms with Crippen molar-refractivity contribution in [3.05, 3.63) is 113 Å². The van der Waals surface area contributed by atoms with Gasteiger partial charge in [-0.2, -0.15) is 0 Å². The minimum atomic E-state index is -3.76. The van der Waals surface area contributed by atoms with Crippen molar-refractivity contribution in [2.75, 3.05) is 44.2 Å². The van der Waals surface area contributed by atoms with Crippen LogP contribution >= 0.6 is 11.6 Å². The van der Waals surface area contributed by atoms with Gasteiger partial charge in [-0.25, -0.2) is 23.5 Å². The Kier molecular flexibility index (Phi) is 9.08. The first-order valence-corrected chi connectivity index (χ1v) is 15.3. The van der Waals surface area contributed by atoms with Gasteiger partial charge in [0.15, 0.2) is 0 Å². The standard InChI is InChI=1S/C30H33ClN6O2S/c31-26-10-8-25(9-11-26)29(24-6-2-1-3-7-24)36-22-20-35(21-23-36)18-5-19-37(30-33-16-4-17-34-30)27-12-14-28(15-13-27)40(32,38)39/h1-4,6-17,29H,5,18-23H2,(H2,32,38,39)/t29-/m1/s1. The van der Waals surface area contributed by atoms with Crippen LogP contribution < -0.4 is 10.0 Å². The van der Waals surface area contributed by atoms with E-state index in [0.29, 0.717) is 12.5 Å². The van der Waals surface area contributed by atoms with Crippen LogP contribution in [0.3, 0.4) is 0 Å². The molecular formula is C30H33ClN6O2S. The molecule has 0 radical (unpaired) electrons. The smallest absolute Gasteiger partial charge is 0.238 e. The van der Waals surface area contributed by atoms with Gasteiger partial charge < -0.3 is 9.80 Å². The molecule has 4 aromatic rings. The van der Waals surface area contributed by atoms with Crippen molar-refractivity contribution < 1.29 is 8.42 Å². The summed E-state index contributed by atoms with van der Waals surface area (Å²) in [7, 11) is -3.76. The molecule has 3 aromatic carbocycles. The van der Waals surface area contributed by atoms with Gasteiger partial charge >= 0.3 is 0 Å². The predicted octanol–water partition coefficient (Wildman–Crippen LogP) is 4.71.